The number of ether oxygens (including phenoxy) is 1. The first kappa shape index (κ1) is 14.7. The van der Waals surface area contributed by atoms with E-state index < -0.39 is 0 Å². The van der Waals surface area contributed by atoms with Crippen molar-refractivity contribution in [2.24, 2.45) is 0 Å². The standard InChI is InChI=1S/C15H23N3O2/c1-3-18-8-4-5-12(18)10-17-14-9-11(15(19)20-2)6-7-13(14)16/h6-7,9,12,17H,3-5,8,10,16H2,1-2H3. The number of nitrogens with zero attached hydrogens (tertiary/aromatic N) is 1. The van der Waals surface area contributed by atoms with Gasteiger partial charge in [-0.15, -0.1) is 0 Å². The van der Waals surface area contributed by atoms with Crippen LogP contribution >= 0.6 is 0 Å². The number of methoxy groups -OCH3 is 1. The number of carbonyl (C=O) groups excluding carboxylic acids is 1. The first-order chi connectivity index (χ1) is 9.65. The lowest BCUT2D eigenvalue weighted by atomic mass is 10.1. The van der Waals surface area contributed by atoms with Crippen LogP contribution in [0.1, 0.15) is 30.1 Å². The number of nitrogens with one attached hydrogen (secondary N) is 1. The zero-order valence-corrected chi connectivity index (χ0v) is 12.2. The number of hydrogen-bond donors (Lipinski definition) is 2. The van der Waals surface area contributed by atoms with Gasteiger partial charge in [0, 0.05) is 12.6 Å². The summed E-state index contributed by atoms with van der Waals surface area (Å²) in [7, 11) is 1.38. The fourth-order valence-electron chi connectivity index (χ4n) is 2.72. The average molecular weight is 277 g/mol. The van der Waals surface area contributed by atoms with E-state index in [0.717, 1.165) is 18.8 Å². The lowest BCUT2D eigenvalue weighted by Crippen LogP contribution is -2.34. The molecule has 1 aliphatic heterocycles. The summed E-state index contributed by atoms with van der Waals surface area (Å²) in [5.41, 5.74) is 7.92. The summed E-state index contributed by atoms with van der Waals surface area (Å²) >= 11 is 0. The lowest BCUT2D eigenvalue weighted by molar-refractivity contribution is 0.0601. The average Bonchev–Trinajstić information content (AvgIpc) is 2.93. The Balaban J connectivity index is 2.03. The van der Waals surface area contributed by atoms with Crippen molar-refractivity contribution in [2.45, 2.75) is 25.8 Å². The molecule has 0 bridgehead atoms. The molecule has 5 heteroatoms. The van der Waals surface area contributed by atoms with Crippen LogP contribution in [0.5, 0.6) is 0 Å². The molecule has 0 aromatic heterocycles. The number of anilines is 2. The summed E-state index contributed by atoms with van der Waals surface area (Å²) in [4.78, 5) is 14.0. The molecule has 0 amide bonds. The second-order valence-corrected chi connectivity index (χ2v) is 5.10. The van der Waals surface area contributed by atoms with Crippen molar-refractivity contribution in [3.63, 3.8) is 0 Å². The number of likely N-dealkylation sites (tertiary alicyclic amines) is 1. The summed E-state index contributed by atoms with van der Waals surface area (Å²) < 4.78 is 4.73. The van der Waals surface area contributed by atoms with E-state index in [1.54, 1.807) is 18.2 Å². The van der Waals surface area contributed by atoms with E-state index >= 15 is 0 Å². The highest BCUT2D eigenvalue weighted by atomic mass is 16.5. The first-order valence-corrected chi connectivity index (χ1v) is 7.11. The van der Waals surface area contributed by atoms with Crippen LogP contribution in [0.2, 0.25) is 0 Å². The zero-order valence-electron chi connectivity index (χ0n) is 12.2. The highest BCUT2D eigenvalue weighted by Gasteiger charge is 2.22. The molecule has 3 N–H and O–H groups in total. The molecule has 1 unspecified atom stereocenters. The van der Waals surface area contributed by atoms with E-state index in [0.29, 0.717) is 17.3 Å². The van der Waals surface area contributed by atoms with E-state index in [9.17, 15) is 4.79 Å². The van der Waals surface area contributed by atoms with Gasteiger partial charge in [-0.05, 0) is 44.1 Å². The van der Waals surface area contributed by atoms with Crippen molar-refractivity contribution in [3.8, 4) is 0 Å². The molecular weight excluding hydrogens is 254 g/mol. The maximum Gasteiger partial charge on any atom is 0.337 e. The SMILES string of the molecule is CCN1CCCC1CNc1cc(C(=O)OC)ccc1N. The topological polar surface area (TPSA) is 67.6 Å². The Morgan fingerprint density at radius 1 is 1.55 bits per heavy atom. The molecule has 1 heterocycles. The Hall–Kier alpha value is -1.75. The van der Waals surface area contributed by atoms with Crippen molar-refractivity contribution in [3.05, 3.63) is 23.8 Å². The van der Waals surface area contributed by atoms with E-state index in [2.05, 4.69) is 17.1 Å². The van der Waals surface area contributed by atoms with Gasteiger partial charge >= 0.3 is 5.97 Å². The number of benzene rings is 1. The van der Waals surface area contributed by atoms with E-state index in [-0.39, 0.29) is 5.97 Å². The molecule has 0 aliphatic carbocycles. The normalized spacial score (nSPS) is 19.0. The van der Waals surface area contributed by atoms with Crippen molar-refractivity contribution < 1.29 is 9.53 Å². The van der Waals surface area contributed by atoms with Gasteiger partial charge in [-0.2, -0.15) is 0 Å². The quantitative estimate of drug-likeness (QED) is 0.636. The van der Waals surface area contributed by atoms with Gasteiger partial charge in [-0.1, -0.05) is 6.92 Å². The van der Waals surface area contributed by atoms with Crippen LogP contribution in [0.25, 0.3) is 0 Å². The van der Waals surface area contributed by atoms with Crippen molar-refractivity contribution in [1.29, 1.82) is 0 Å². The number of nitrogens with two attached hydrogens (primary N) is 1. The summed E-state index contributed by atoms with van der Waals surface area (Å²) in [6.07, 6.45) is 2.45. The van der Waals surface area contributed by atoms with Gasteiger partial charge in [0.2, 0.25) is 0 Å². The lowest BCUT2D eigenvalue weighted by Gasteiger charge is -2.23. The molecule has 1 aromatic carbocycles. The van der Waals surface area contributed by atoms with E-state index in [1.807, 2.05) is 0 Å². The highest BCUT2D eigenvalue weighted by Crippen LogP contribution is 2.22. The molecule has 110 valence electrons. The second kappa shape index (κ2) is 6.61. The van der Waals surface area contributed by atoms with Crippen molar-refractivity contribution >= 4 is 17.3 Å². The third kappa shape index (κ3) is 3.22. The molecule has 20 heavy (non-hydrogen) atoms. The molecule has 1 fully saturated rings. The maximum absolute atomic E-state index is 11.5. The van der Waals surface area contributed by atoms with Gasteiger partial charge in [-0.3, -0.25) is 4.90 Å². The maximum atomic E-state index is 11.5. The molecule has 0 spiro atoms. The predicted octanol–water partition coefficient (Wildman–Crippen LogP) is 1.95. The summed E-state index contributed by atoms with van der Waals surface area (Å²) in [5.74, 6) is -0.343. The molecular formula is C15H23N3O2. The Morgan fingerprint density at radius 3 is 3.05 bits per heavy atom. The van der Waals surface area contributed by atoms with Gasteiger partial charge < -0.3 is 15.8 Å². The van der Waals surface area contributed by atoms with Crippen LogP contribution in [0.15, 0.2) is 18.2 Å². The Kier molecular flexibility index (Phi) is 4.84. The fourth-order valence-corrected chi connectivity index (χ4v) is 2.72. The van der Waals surface area contributed by atoms with Gasteiger partial charge in [0.15, 0.2) is 0 Å². The summed E-state index contributed by atoms with van der Waals surface area (Å²) in [6.45, 7) is 5.28. The minimum atomic E-state index is -0.343. The molecule has 1 aromatic rings. The minimum Gasteiger partial charge on any atom is -0.465 e. The zero-order chi connectivity index (χ0) is 14.5. The molecule has 2 rings (SSSR count). The van der Waals surface area contributed by atoms with Crippen LogP contribution in [0.4, 0.5) is 11.4 Å². The smallest absolute Gasteiger partial charge is 0.337 e. The highest BCUT2D eigenvalue weighted by molar-refractivity contribution is 5.91. The van der Waals surface area contributed by atoms with Crippen molar-refractivity contribution in [2.75, 3.05) is 37.8 Å². The van der Waals surface area contributed by atoms with E-state index in [4.69, 9.17) is 10.5 Å². The van der Waals surface area contributed by atoms with Crippen LogP contribution in [-0.4, -0.2) is 43.7 Å². The fraction of sp³-hybridized carbons (Fsp3) is 0.533. The number of carbonyl (C=O) groups is 1. The largest absolute Gasteiger partial charge is 0.465 e. The molecule has 0 radical (unpaired) electrons. The third-order valence-corrected chi connectivity index (χ3v) is 3.91. The Labute approximate surface area is 120 Å². The number of likely N-dealkylation sites (N-methyl/N-ethyl adjacent to an activating group) is 1. The van der Waals surface area contributed by atoms with Crippen LogP contribution in [-0.2, 0) is 4.74 Å². The van der Waals surface area contributed by atoms with Gasteiger partial charge in [-0.25, -0.2) is 4.79 Å². The molecule has 0 saturated carbocycles. The number of nitrogen functional groups attached to an aromatic ring is 1. The van der Waals surface area contributed by atoms with Crippen molar-refractivity contribution in [1.82, 2.24) is 4.90 Å². The Bertz CT molecular complexity index is 476. The molecule has 1 saturated heterocycles. The predicted molar refractivity (Wildman–Crippen MR) is 81.0 cm³/mol. The van der Waals surface area contributed by atoms with Crippen LogP contribution < -0.4 is 11.1 Å². The molecule has 1 aliphatic rings. The second-order valence-electron chi connectivity index (χ2n) is 5.10. The summed E-state index contributed by atoms with van der Waals surface area (Å²) in [6, 6.07) is 5.72. The van der Waals surface area contributed by atoms with Crippen LogP contribution in [0.3, 0.4) is 0 Å². The van der Waals surface area contributed by atoms with Gasteiger partial charge in [0.25, 0.3) is 0 Å². The number of hydrogen-bond acceptors (Lipinski definition) is 5. The number of esters is 1. The monoisotopic (exact) mass is 277 g/mol. The van der Waals surface area contributed by atoms with Gasteiger partial charge in [0.1, 0.15) is 0 Å². The van der Waals surface area contributed by atoms with Crippen LogP contribution in [0, 0.1) is 0 Å². The Morgan fingerprint density at radius 2 is 2.35 bits per heavy atom. The molecule has 1 atom stereocenters. The van der Waals surface area contributed by atoms with E-state index in [1.165, 1.54) is 26.5 Å². The first-order valence-electron chi connectivity index (χ1n) is 7.11. The molecule has 5 nitrogen and oxygen atoms in total. The minimum absolute atomic E-state index is 0.343. The summed E-state index contributed by atoms with van der Waals surface area (Å²) in [5, 5.41) is 3.36. The third-order valence-electron chi connectivity index (χ3n) is 3.91. The number of rotatable bonds is 5. The van der Waals surface area contributed by atoms with Gasteiger partial charge in [0.05, 0.1) is 24.0 Å².